The summed E-state index contributed by atoms with van der Waals surface area (Å²) in [5, 5.41) is 11.8. The molecule has 1 unspecified atom stereocenters. The molecule has 1 N–H and O–H groups in total. The molecule has 2 aromatic rings. The van der Waals surface area contributed by atoms with Crippen molar-refractivity contribution in [2.24, 2.45) is 0 Å². The summed E-state index contributed by atoms with van der Waals surface area (Å²) >= 11 is 17.7. The van der Waals surface area contributed by atoms with E-state index in [4.69, 9.17) is 34.8 Å². The van der Waals surface area contributed by atoms with Crippen molar-refractivity contribution in [1.82, 2.24) is 0 Å². The standard InChI is InChI=1S/C12H11Cl3NO/c13-6-9(17)7-16-4-3-11(15)10-2-1-8(14)5-12(10)16/h1-5,9,17H,6-7H2/q+1. The summed E-state index contributed by atoms with van der Waals surface area (Å²) in [6, 6.07) is 7.27. The highest BCUT2D eigenvalue weighted by Gasteiger charge is 2.15. The number of alkyl halides is 1. The van der Waals surface area contributed by atoms with E-state index < -0.39 is 6.10 Å². The Balaban J connectivity index is 2.55. The monoisotopic (exact) mass is 290 g/mol. The number of aliphatic hydroxyl groups is 1. The average molecular weight is 292 g/mol. The van der Waals surface area contributed by atoms with E-state index in [0.717, 1.165) is 10.9 Å². The van der Waals surface area contributed by atoms with Crippen LogP contribution in [0.1, 0.15) is 0 Å². The molecule has 0 aliphatic carbocycles. The van der Waals surface area contributed by atoms with Gasteiger partial charge >= 0.3 is 0 Å². The minimum absolute atomic E-state index is 0.192. The van der Waals surface area contributed by atoms with Gasteiger partial charge in [-0.3, -0.25) is 0 Å². The largest absolute Gasteiger partial charge is 0.385 e. The molecule has 0 bridgehead atoms. The van der Waals surface area contributed by atoms with E-state index in [0.29, 0.717) is 16.6 Å². The minimum atomic E-state index is -0.593. The number of hydrogen-bond donors (Lipinski definition) is 1. The Morgan fingerprint density at radius 3 is 2.71 bits per heavy atom. The highest BCUT2D eigenvalue weighted by atomic mass is 35.5. The maximum absolute atomic E-state index is 9.59. The number of pyridine rings is 1. The molecule has 0 fully saturated rings. The molecule has 0 aliphatic rings. The average Bonchev–Trinajstić information content (AvgIpc) is 2.32. The fraction of sp³-hybridized carbons (Fsp3) is 0.250. The first kappa shape index (κ1) is 12.9. The Bertz CT molecular complexity index is 545. The second-order valence-corrected chi connectivity index (χ2v) is 4.94. The lowest BCUT2D eigenvalue weighted by Crippen LogP contribution is -2.40. The van der Waals surface area contributed by atoms with Gasteiger partial charge in [0.25, 0.3) is 0 Å². The van der Waals surface area contributed by atoms with E-state index in [1.807, 2.05) is 22.9 Å². The van der Waals surface area contributed by atoms with Gasteiger partial charge in [-0.05, 0) is 12.1 Å². The maximum atomic E-state index is 9.59. The quantitative estimate of drug-likeness (QED) is 0.682. The molecule has 5 heteroatoms. The zero-order chi connectivity index (χ0) is 12.4. The molecule has 1 heterocycles. The van der Waals surface area contributed by atoms with Crippen molar-refractivity contribution in [3.63, 3.8) is 0 Å². The molecule has 2 rings (SSSR count). The van der Waals surface area contributed by atoms with Crippen molar-refractivity contribution in [3.05, 3.63) is 40.5 Å². The van der Waals surface area contributed by atoms with Gasteiger partial charge in [0.2, 0.25) is 5.52 Å². The van der Waals surface area contributed by atoms with Crippen LogP contribution in [0.5, 0.6) is 0 Å². The van der Waals surface area contributed by atoms with Gasteiger partial charge in [-0.25, -0.2) is 0 Å². The zero-order valence-corrected chi connectivity index (χ0v) is 11.2. The highest BCUT2D eigenvalue weighted by molar-refractivity contribution is 6.35. The van der Waals surface area contributed by atoms with Crippen LogP contribution in [-0.4, -0.2) is 17.1 Å². The number of benzene rings is 1. The van der Waals surface area contributed by atoms with Crippen LogP contribution in [0.25, 0.3) is 10.9 Å². The highest BCUT2D eigenvalue weighted by Crippen LogP contribution is 2.23. The third-order valence-corrected chi connectivity index (χ3v) is 3.43. The molecule has 90 valence electrons. The summed E-state index contributed by atoms with van der Waals surface area (Å²) in [6.07, 6.45) is 1.22. The number of aromatic nitrogens is 1. The predicted octanol–water partition coefficient (Wildman–Crippen LogP) is 3.03. The molecule has 0 radical (unpaired) electrons. The molecule has 2 nitrogen and oxygen atoms in total. The molecule has 0 saturated carbocycles. The molecule has 0 saturated heterocycles. The lowest BCUT2D eigenvalue weighted by atomic mass is 10.2. The first-order chi connectivity index (χ1) is 8.11. The zero-order valence-electron chi connectivity index (χ0n) is 8.91. The molecule has 17 heavy (non-hydrogen) atoms. The third kappa shape index (κ3) is 2.83. The van der Waals surface area contributed by atoms with Gasteiger partial charge in [0.05, 0.1) is 16.3 Å². The Morgan fingerprint density at radius 1 is 1.24 bits per heavy atom. The smallest absolute Gasteiger partial charge is 0.215 e. The van der Waals surface area contributed by atoms with Gasteiger partial charge in [0, 0.05) is 17.2 Å². The second-order valence-electron chi connectivity index (χ2n) is 3.79. The first-order valence-corrected chi connectivity index (χ1v) is 6.42. The van der Waals surface area contributed by atoms with Crippen LogP contribution in [-0.2, 0) is 6.54 Å². The Labute approximate surface area is 114 Å². The fourth-order valence-electron chi connectivity index (χ4n) is 1.70. The van der Waals surface area contributed by atoms with Crippen molar-refractivity contribution < 1.29 is 9.67 Å². The maximum Gasteiger partial charge on any atom is 0.215 e. The molecule has 0 aliphatic heterocycles. The fourth-order valence-corrected chi connectivity index (χ4v) is 2.19. The molecular formula is C12H11Cl3NO+. The summed E-state index contributed by atoms with van der Waals surface area (Å²) in [4.78, 5) is 0. The number of aliphatic hydroxyl groups excluding tert-OH is 1. The lowest BCUT2D eigenvalue weighted by Gasteiger charge is -2.06. The van der Waals surface area contributed by atoms with Crippen LogP contribution in [0.15, 0.2) is 30.5 Å². The Morgan fingerprint density at radius 2 is 2.00 bits per heavy atom. The Hall–Kier alpha value is -0.540. The van der Waals surface area contributed by atoms with Crippen LogP contribution in [0, 0.1) is 0 Å². The lowest BCUT2D eigenvalue weighted by molar-refractivity contribution is -0.677. The summed E-state index contributed by atoms with van der Waals surface area (Å²) in [6.45, 7) is 0.414. The number of hydrogen-bond acceptors (Lipinski definition) is 1. The van der Waals surface area contributed by atoms with Crippen molar-refractivity contribution >= 4 is 45.7 Å². The number of nitrogens with zero attached hydrogens (tertiary/aromatic N) is 1. The van der Waals surface area contributed by atoms with Crippen LogP contribution >= 0.6 is 34.8 Å². The van der Waals surface area contributed by atoms with Crippen molar-refractivity contribution in [3.8, 4) is 0 Å². The molecule has 0 spiro atoms. The summed E-state index contributed by atoms with van der Waals surface area (Å²) in [7, 11) is 0. The molecule has 1 atom stereocenters. The van der Waals surface area contributed by atoms with Crippen molar-refractivity contribution in [1.29, 1.82) is 0 Å². The van der Waals surface area contributed by atoms with Crippen LogP contribution in [0.4, 0.5) is 0 Å². The summed E-state index contributed by atoms with van der Waals surface area (Å²) in [5.41, 5.74) is 0.883. The van der Waals surface area contributed by atoms with Gasteiger partial charge in [-0.2, -0.15) is 4.57 Å². The normalized spacial score (nSPS) is 12.9. The Kier molecular flexibility index (Phi) is 4.10. The van der Waals surface area contributed by atoms with Crippen LogP contribution < -0.4 is 4.57 Å². The van der Waals surface area contributed by atoms with Gasteiger partial charge < -0.3 is 5.11 Å². The number of rotatable bonds is 3. The van der Waals surface area contributed by atoms with Crippen molar-refractivity contribution in [2.45, 2.75) is 12.6 Å². The van der Waals surface area contributed by atoms with Crippen LogP contribution in [0.2, 0.25) is 10.0 Å². The molecule has 1 aromatic carbocycles. The van der Waals surface area contributed by atoms with E-state index in [2.05, 4.69) is 0 Å². The molecular weight excluding hydrogens is 280 g/mol. The summed E-state index contributed by atoms with van der Waals surface area (Å²) in [5.74, 6) is 0.192. The number of halogens is 3. The van der Waals surface area contributed by atoms with E-state index in [-0.39, 0.29) is 5.88 Å². The van der Waals surface area contributed by atoms with Gasteiger partial charge in [0.15, 0.2) is 12.7 Å². The van der Waals surface area contributed by atoms with E-state index >= 15 is 0 Å². The van der Waals surface area contributed by atoms with Crippen LogP contribution in [0.3, 0.4) is 0 Å². The van der Waals surface area contributed by atoms with Crippen molar-refractivity contribution in [2.75, 3.05) is 5.88 Å². The van der Waals surface area contributed by atoms with Gasteiger partial charge in [-0.15, -0.1) is 11.6 Å². The minimum Gasteiger partial charge on any atom is -0.385 e. The van der Waals surface area contributed by atoms with Gasteiger partial charge in [0.1, 0.15) is 6.10 Å². The van der Waals surface area contributed by atoms with E-state index in [1.165, 1.54) is 0 Å². The predicted molar refractivity (Wildman–Crippen MR) is 70.9 cm³/mol. The van der Waals surface area contributed by atoms with Gasteiger partial charge in [-0.1, -0.05) is 23.2 Å². The second kappa shape index (κ2) is 5.40. The third-order valence-electron chi connectivity index (χ3n) is 2.51. The molecule has 0 amide bonds. The topological polar surface area (TPSA) is 24.1 Å². The SMILES string of the molecule is OC(CCl)C[n+]1ccc(Cl)c2ccc(Cl)cc21. The summed E-state index contributed by atoms with van der Waals surface area (Å²) < 4.78 is 1.89. The van der Waals surface area contributed by atoms with E-state index in [9.17, 15) is 5.11 Å². The van der Waals surface area contributed by atoms with E-state index in [1.54, 1.807) is 12.1 Å². The first-order valence-electron chi connectivity index (χ1n) is 5.13. The molecule has 1 aromatic heterocycles. The number of fused-ring (bicyclic) bond motifs is 1.